The van der Waals surface area contributed by atoms with E-state index in [9.17, 15) is 4.79 Å². The van der Waals surface area contributed by atoms with Gasteiger partial charge in [-0.15, -0.1) is 11.3 Å². The highest BCUT2D eigenvalue weighted by Gasteiger charge is 2.17. The van der Waals surface area contributed by atoms with Crippen molar-refractivity contribution in [3.05, 3.63) is 34.0 Å². The fourth-order valence-electron chi connectivity index (χ4n) is 1.74. The summed E-state index contributed by atoms with van der Waals surface area (Å²) < 4.78 is 4.70. The maximum atomic E-state index is 11.5. The second-order valence-corrected chi connectivity index (χ2v) is 5.29. The van der Waals surface area contributed by atoms with E-state index in [-0.39, 0.29) is 0 Å². The van der Waals surface area contributed by atoms with Crippen molar-refractivity contribution in [2.75, 3.05) is 7.11 Å². The standard InChI is InChI=1S/C13H14N2O2S/c1-7-5-8(2)14-10(6-7)12-15-11(9(3)18-12)13(16)17-4/h5-6H,1-4H3. The number of nitrogens with zero attached hydrogens (tertiary/aromatic N) is 2. The zero-order chi connectivity index (χ0) is 13.3. The van der Waals surface area contributed by atoms with E-state index in [1.165, 1.54) is 18.4 Å². The summed E-state index contributed by atoms with van der Waals surface area (Å²) in [6, 6.07) is 3.97. The molecule has 0 fully saturated rings. The van der Waals surface area contributed by atoms with Gasteiger partial charge in [0.2, 0.25) is 0 Å². The Morgan fingerprint density at radius 2 is 1.94 bits per heavy atom. The van der Waals surface area contributed by atoms with Crippen LogP contribution in [0.25, 0.3) is 10.7 Å². The quantitative estimate of drug-likeness (QED) is 0.781. The molecule has 0 spiro atoms. The van der Waals surface area contributed by atoms with E-state index in [0.717, 1.165) is 26.8 Å². The van der Waals surface area contributed by atoms with Crippen LogP contribution >= 0.6 is 11.3 Å². The summed E-state index contributed by atoms with van der Waals surface area (Å²) in [7, 11) is 1.36. The molecule has 0 saturated heterocycles. The molecule has 2 heterocycles. The number of ether oxygens (including phenoxy) is 1. The molecule has 0 amide bonds. The first-order chi connectivity index (χ1) is 8.51. The lowest BCUT2D eigenvalue weighted by Gasteiger charge is -2.00. The van der Waals surface area contributed by atoms with E-state index in [0.29, 0.717) is 5.69 Å². The average molecular weight is 262 g/mol. The fourth-order valence-corrected chi connectivity index (χ4v) is 2.60. The van der Waals surface area contributed by atoms with Crippen molar-refractivity contribution in [3.63, 3.8) is 0 Å². The molecule has 94 valence electrons. The van der Waals surface area contributed by atoms with Crippen molar-refractivity contribution in [2.45, 2.75) is 20.8 Å². The Balaban J connectivity index is 2.48. The van der Waals surface area contributed by atoms with Crippen LogP contribution in [0.15, 0.2) is 12.1 Å². The van der Waals surface area contributed by atoms with Crippen LogP contribution in [0.3, 0.4) is 0 Å². The first-order valence-corrected chi connectivity index (χ1v) is 6.34. The number of methoxy groups -OCH3 is 1. The van der Waals surface area contributed by atoms with Gasteiger partial charge in [-0.2, -0.15) is 0 Å². The summed E-state index contributed by atoms with van der Waals surface area (Å²) in [4.78, 5) is 21.1. The molecular weight excluding hydrogens is 248 g/mol. The third kappa shape index (κ3) is 2.41. The number of carbonyl (C=O) groups is 1. The van der Waals surface area contributed by atoms with Crippen molar-refractivity contribution >= 4 is 17.3 Å². The van der Waals surface area contributed by atoms with E-state index in [2.05, 4.69) is 9.97 Å². The van der Waals surface area contributed by atoms with Crippen LogP contribution in [0, 0.1) is 20.8 Å². The number of aromatic nitrogens is 2. The van der Waals surface area contributed by atoms with Gasteiger partial charge in [-0.3, -0.25) is 4.98 Å². The Bertz CT molecular complexity index is 585. The minimum absolute atomic E-state index is 0.374. The largest absolute Gasteiger partial charge is 0.464 e. The van der Waals surface area contributed by atoms with Crippen molar-refractivity contribution in [1.82, 2.24) is 9.97 Å². The monoisotopic (exact) mass is 262 g/mol. The molecule has 5 heteroatoms. The van der Waals surface area contributed by atoms with Crippen LogP contribution in [-0.2, 0) is 4.74 Å². The molecule has 2 aromatic rings. The normalized spacial score (nSPS) is 10.4. The van der Waals surface area contributed by atoms with Crippen molar-refractivity contribution in [2.24, 2.45) is 0 Å². The third-order valence-corrected chi connectivity index (χ3v) is 3.49. The van der Waals surface area contributed by atoms with Gasteiger partial charge in [0.1, 0.15) is 5.01 Å². The van der Waals surface area contributed by atoms with Gasteiger partial charge < -0.3 is 4.74 Å². The van der Waals surface area contributed by atoms with Gasteiger partial charge in [0.25, 0.3) is 0 Å². The Kier molecular flexibility index (Phi) is 3.43. The molecule has 4 nitrogen and oxygen atoms in total. The molecule has 2 aromatic heterocycles. The summed E-state index contributed by atoms with van der Waals surface area (Å²) >= 11 is 1.45. The molecule has 2 rings (SSSR count). The zero-order valence-corrected chi connectivity index (χ0v) is 11.6. The van der Waals surface area contributed by atoms with E-state index in [1.807, 2.05) is 32.9 Å². The smallest absolute Gasteiger partial charge is 0.357 e. The fraction of sp³-hybridized carbons (Fsp3) is 0.308. The van der Waals surface area contributed by atoms with Gasteiger partial charge in [0, 0.05) is 10.6 Å². The number of rotatable bonds is 2. The molecule has 0 aliphatic heterocycles. The van der Waals surface area contributed by atoms with Crippen LogP contribution in [-0.4, -0.2) is 23.0 Å². The van der Waals surface area contributed by atoms with E-state index >= 15 is 0 Å². The van der Waals surface area contributed by atoms with Gasteiger partial charge in [-0.1, -0.05) is 0 Å². The van der Waals surface area contributed by atoms with Crippen molar-refractivity contribution in [3.8, 4) is 10.7 Å². The number of hydrogen-bond donors (Lipinski definition) is 0. The van der Waals surface area contributed by atoms with Crippen LogP contribution in [0.5, 0.6) is 0 Å². The van der Waals surface area contributed by atoms with Crippen LogP contribution in [0.4, 0.5) is 0 Å². The highest BCUT2D eigenvalue weighted by Crippen LogP contribution is 2.27. The minimum atomic E-state index is -0.403. The lowest BCUT2D eigenvalue weighted by Crippen LogP contribution is -2.03. The number of carbonyl (C=O) groups excluding carboxylic acids is 1. The Hall–Kier alpha value is -1.75. The maximum absolute atomic E-state index is 11.5. The van der Waals surface area contributed by atoms with E-state index in [1.54, 1.807) is 0 Å². The Morgan fingerprint density at radius 3 is 2.56 bits per heavy atom. The molecular formula is C13H14N2O2S. The molecule has 0 saturated carbocycles. The SMILES string of the molecule is COC(=O)c1nc(-c2cc(C)cc(C)n2)sc1C. The first-order valence-electron chi connectivity index (χ1n) is 5.52. The molecule has 0 aliphatic rings. The summed E-state index contributed by atoms with van der Waals surface area (Å²) in [5.41, 5.74) is 3.25. The van der Waals surface area contributed by atoms with Crippen molar-refractivity contribution in [1.29, 1.82) is 0 Å². The molecule has 0 unspecified atom stereocenters. The lowest BCUT2D eigenvalue weighted by molar-refractivity contribution is 0.0594. The van der Waals surface area contributed by atoms with Gasteiger partial charge in [0.15, 0.2) is 5.69 Å². The summed E-state index contributed by atoms with van der Waals surface area (Å²) in [5.74, 6) is -0.403. The minimum Gasteiger partial charge on any atom is -0.464 e. The predicted molar refractivity (Wildman–Crippen MR) is 70.9 cm³/mol. The number of hydrogen-bond acceptors (Lipinski definition) is 5. The predicted octanol–water partition coefficient (Wildman–Crippen LogP) is 2.92. The van der Waals surface area contributed by atoms with Crippen LogP contribution in [0.2, 0.25) is 0 Å². The molecule has 0 radical (unpaired) electrons. The Labute approximate surface area is 110 Å². The van der Waals surface area contributed by atoms with Crippen LogP contribution < -0.4 is 0 Å². The molecule has 18 heavy (non-hydrogen) atoms. The van der Waals surface area contributed by atoms with E-state index in [4.69, 9.17) is 4.74 Å². The second-order valence-electron chi connectivity index (χ2n) is 4.09. The van der Waals surface area contributed by atoms with Gasteiger partial charge in [-0.25, -0.2) is 9.78 Å². The average Bonchev–Trinajstić information content (AvgIpc) is 2.69. The highest BCUT2D eigenvalue weighted by atomic mass is 32.1. The van der Waals surface area contributed by atoms with Gasteiger partial charge in [0.05, 0.1) is 12.8 Å². The summed E-state index contributed by atoms with van der Waals surface area (Å²) in [6.07, 6.45) is 0. The van der Waals surface area contributed by atoms with Gasteiger partial charge >= 0.3 is 5.97 Å². The number of aryl methyl sites for hydroxylation is 3. The van der Waals surface area contributed by atoms with Crippen molar-refractivity contribution < 1.29 is 9.53 Å². The summed E-state index contributed by atoms with van der Waals surface area (Å²) in [6.45, 7) is 5.81. The molecule has 0 bridgehead atoms. The molecule has 0 aliphatic carbocycles. The highest BCUT2D eigenvalue weighted by molar-refractivity contribution is 7.15. The van der Waals surface area contributed by atoms with Crippen LogP contribution in [0.1, 0.15) is 26.6 Å². The molecule has 0 N–H and O–H groups in total. The Morgan fingerprint density at radius 1 is 1.22 bits per heavy atom. The topological polar surface area (TPSA) is 52.1 Å². The number of pyridine rings is 1. The molecule has 0 atom stereocenters. The second kappa shape index (κ2) is 4.86. The van der Waals surface area contributed by atoms with E-state index < -0.39 is 5.97 Å². The first kappa shape index (κ1) is 12.7. The number of esters is 1. The lowest BCUT2D eigenvalue weighted by atomic mass is 10.2. The third-order valence-electron chi connectivity index (χ3n) is 2.49. The van der Waals surface area contributed by atoms with Gasteiger partial charge in [-0.05, 0) is 38.5 Å². The molecule has 0 aromatic carbocycles. The summed E-state index contributed by atoms with van der Waals surface area (Å²) in [5, 5.41) is 0.750. The number of thiazole rings is 1. The maximum Gasteiger partial charge on any atom is 0.357 e. The zero-order valence-electron chi connectivity index (χ0n) is 10.8.